The molecule has 2 heterocycles. The molecule has 0 radical (unpaired) electrons. The van der Waals surface area contributed by atoms with Crippen LogP contribution < -0.4 is 0 Å². The third-order valence-electron chi connectivity index (χ3n) is 6.74. The second-order valence-electron chi connectivity index (χ2n) is 9.08. The van der Waals surface area contributed by atoms with Gasteiger partial charge in [0.05, 0.1) is 5.69 Å². The minimum Gasteiger partial charge on any atom is -0.455 e. The van der Waals surface area contributed by atoms with Crippen LogP contribution in [0.4, 0.5) is 0 Å². The van der Waals surface area contributed by atoms with Gasteiger partial charge in [-0.2, -0.15) is 0 Å². The zero-order valence-corrected chi connectivity index (χ0v) is 20.0. The van der Waals surface area contributed by atoms with E-state index in [4.69, 9.17) is 9.40 Å². The summed E-state index contributed by atoms with van der Waals surface area (Å²) < 4.78 is 6.28. The lowest BCUT2D eigenvalue weighted by Gasteiger charge is -2.11. The number of hydrogen-bond donors (Lipinski definition) is 0. The molecule has 174 valence electrons. The van der Waals surface area contributed by atoms with Crippen LogP contribution in [-0.2, 0) is 0 Å². The van der Waals surface area contributed by atoms with Gasteiger partial charge >= 0.3 is 0 Å². The molecule has 0 unspecified atom stereocenters. The summed E-state index contributed by atoms with van der Waals surface area (Å²) in [5.41, 5.74) is 9.06. The molecule has 0 spiro atoms. The quantitative estimate of drug-likeness (QED) is 0.255. The number of para-hydroxylation sites is 2. The Morgan fingerprint density at radius 2 is 1.11 bits per heavy atom. The minimum atomic E-state index is 0.681. The first-order chi connectivity index (χ1) is 18.3. The molecule has 0 saturated heterocycles. The van der Waals surface area contributed by atoms with Gasteiger partial charge in [0.1, 0.15) is 11.2 Å². The average molecular weight is 475 g/mol. The van der Waals surface area contributed by atoms with E-state index in [1.165, 1.54) is 0 Å². The van der Waals surface area contributed by atoms with Crippen LogP contribution in [0.15, 0.2) is 138 Å². The number of nitrogens with zero attached hydrogens (tertiary/aromatic N) is 2. The largest absolute Gasteiger partial charge is 0.455 e. The van der Waals surface area contributed by atoms with Crippen LogP contribution in [0.5, 0.6) is 0 Å². The van der Waals surface area contributed by atoms with E-state index in [2.05, 4.69) is 96.0 Å². The summed E-state index contributed by atoms with van der Waals surface area (Å²) in [5.74, 6) is 0.681. The van der Waals surface area contributed by atoms with E-state index in [0.717, 1.165) is 61.0 Å². The van der Waals surface area contributed by atoms with Crippen molar-refractivity contribution in [3.8, 4) is 44.9 Å². The summed E-state index contributed by atoms with van der Waals surface area (Å²) in [7, 11) is 0. The Bertz CT molecular complexity index is 1810. The van der Waals surface area contributed by atoms with Gasteiger partial charge in [0.2, 0.25) is 0 Å². The summed E-state index contributed by atoms with van der Waals surface area (Å²) in [6, 6.07) is 43.7. The van der Waals surface area contributed by atoms with E-state index in [9.17, 15) is 0 Å². The third kappa shape index (κ3) is 3.87. The molecule has 0 fully saturated rings. The number of benzene rings is 5. The molecule has 7 aromatic rings. The number of hydrogen-bond acceptors (Lipinski definition) is 3. The lowest BCUT2D eigenvalue weighted by atomic mass is 9.96. The Morgan fingerprint density at radius 3 is 1.84 bits per heavy atom. The summed E-state index contributed by atoms with van der Waals surface area (Å²) in [6.45, 7) is 0. The van der Waals surface area contributed by atoms with Gasteiger partial charge in [-0.25, -0.2) is 9.97 Å². The van der Waals surface area contributed by atoms with Crippen LogP contribution in [0.2, 0.25) is 0 Å². The molecular formula is C34H22N2O. The van der Waals surface area contributed by atoms with Gasteiger partial charge in [-0.3, -0.25) is 0 Å². The van der Waals surface area contributed by atoms with Crippen LogP contribution in [0, 0.1) is 0 Å². The SMILES string of the molecule is c1ccc(-c2cc(-c3ccccc3)cc(-c3nccc(-c4cccc5c4oc4ccccc45)n3)c2)cc1. The van der Waals surface area contributed by atoms with Crippen molar-refractivity contribution in [2.24, 2.45) is 0 Å². The molecule has 0 saturated carbocycles. The van der Waals surface area contributed by atoms with Crippen molar-refractivity contribution in [2.75, 3.05) is 0 Å². The van der Waals surface area contributed by atoms with Crippen LogP contribution in [0.1, 0.15) is 0 Å². The fourth-order valence-electron chi connectivity index (χ4n) is 4.95. The molecule has 7 rings (SSSR count). The maximum atomic E-state index is 6.28. The number of aromatic nitrogens is 2. The van der Waals surface area contributed by atoms with Gasteiger partial charge in [0.25, 0.3) is 0 Å². The maximum absolute atomic E-state index is 6.28. The van der Waals surface area contributed by atoms with Crippen molar-refractivity contribution in [2.45, 2.75) is 0 Å². The molecule has 5 aromatic carbocycles. The van der Waals surface area contributed by atoms with Gasteiger partial charge in [0.15, 0.2) is 5.82 Å². The molecule has 0 amide bonds. The summed E-state index contributed by atoms with van der Waals surface area (Å²) >= 11 is 0. The summed E-state index contributed by atoms with van der Waals surface area (Å²) in [5, 5.41) is 2.20. The molecule has 0 N–H and O–H groups in total. The van der Waals surface area contributed by atoms with Crippen molar-refractivity contribution in [1.82, 2.24) is 9.97 Å². The number of rotatable bonds is 4. The fraction of sp³-hybridized carbons (Fsp3) is 0. The summed E-state index contributed by atoms with van der Waals surface area (Å²) in [6.07, 6.45) is 1.83. The van der Waals surface area contributed by atoms with Crippen LogP contribution >= 0.6 is 0 Å². The first-order valence-electron chi connectivity index (χ1n) is 12.3. The highest BCUT2D eigenvalue weighted by atomic mass is 16.3. The second-order valence-corrected chi connectivity index (χ2v) is 9.08. The molecule has 0 aliphatic heterocycles. The molecule has 37 heavy (non-hydrogen) atoms. The monoisotopic (exact) mass is 474 g/mol. The van der Waals surface area contributed by atoms with E-state index in [0.29, 0.717) is 5.82 Å². The maximum Gasteiger partial charge on any atom is 0.159 e. The Kier molecular flexibility index (Phi) is 5.11. The van der Waals surface area contributed by atoms with E-state index in [1.54, 1.807) is 0 Å². The van der Waals surface area contributed by atoms with Crippen molar-refractivity contribution < 1.29 is 4.42 Å². The van der Waals surface area contributed by atoms with Crippen molar-refractivity contribution in [1.29, 1.82) is 0 Å². The van der Waals surface area contributed by atoms with E-state index < -0.39 is 0 Å². The zero-order valence-electron chi connectivity index (χ0n) is 20.0. The fourth-order valence-corrected chi connectivity index (χ4v) is 4.95. The first-order valence-corrected chi connectivity index (χ1v) is 12.3. The topological polar surface area (TPSA) is 38.9 Å². The molecule has 0 bridgehead atoms. The van der Waals surface area contributed by atoms with Crippen molar-refractivity contribution in [3.63, 3.8) is 0 Å². The molecule has 0 aliphatic rings. The molecule has 0 aliphatic carbocycles. The standard InChI is InChI=1S/C34H22N2O/c1-3-10-23(11-4-1)25-20-26(24-12-5-2-6-13-24)22-27(21-25)34-35-19-18-31(36-34)30-16-9-15-29-28-14-7-8-17-32(28)37-33(29)30/h1-22H. The molecule has 0 atom stereocenters. The van der Waals surface area contributed by atoms with Gasteiger partial charge in [-0.1, -0.05) is 91.0 Å². The number of fused-ring (bicyclic) bond motifs is 3. The van der Waals surface area contributed by atoms with Crippen LogP contribution in [0.25, 0.3) is 66.8 Å². The predicted octanol–water partition coefficient (Wildman–Crippen LogP) is 9.04. The normalized spacial score (nSPS) is 11.2. The lowest BCUT2D eigenvalue weighted by molar-refractivity contribution is 0.670. The molecule has 3 heteroatoms. The van der Waals surface area contributed by atoms with Gasteiger partial charge in [0, 0.05) is 28.1 Å². The molecule has 3 nitrogen and oxygen atoms in total. The van der Waals surface area contributed by atoms with Gasteiger partial charge in [-0.05, 0) is 58.7 Å². The Labute approximate surface area is 214 Å². The molecular weight excluding hydrogens is 452 g/mol. The lowest BCUT2D eigenvalue weighted by Crippen LogP contribution is -1.93. The Morgan fingerprint density at radius 1 is 0.486 bits per heavy atom. The first kappa shape index (κ1) is 21.3. The minimum absolute atomic E-state index is 0.681. The van der Waals surface area contributed by atoms with Crippen molar-refractivity contribution >= 4 is 21.9 Å². The highest BCUT2D eigenvalue weighted by molar-refractivity contribution is 6.09. The highest BCUT2D eigenvalue weighted by Gasteiger charge is 2.15. The van der Waals surface area contributed by atoms with Crippen molar-refractivity contribution in [3.05, 3.63) is 134 Å². The smallest absolute Gasteiger partial charge is 0.159 e. The third-order valence-corrected chi connectivity index (χ3v) is 6.74. The molecule has 2 aromatic heterocycles. The van der Waals surface area contributed by atoms with Gasteiger partial charge in [-0.15, -0.1) is 0 Å². The van der Waals surface area contributed by atoms with Crippen LogP contribution in [-0.4, -0.2) is 9.97 Å². The van der Waals surface area contributed by atoms with E-state index in [1.807, 2.05) is 42.6 Å². The van der Waals surface area contributed by atoms with Gasteiger partial charge < -0.3 is 4.42 Å². The zero-order chi connectivity index (χ0) is 24.6. The predicted molar refractivity (Wildman–Crippen MR) is 151 cm³/mol. The summed E-state index contributed by atoms with van der Waals surface area (Å²) in [4.78, 5) is 9.72. The van der Waals surface area contributed by atoms with E-state index >= 15 is 0 Å². The second kappa shape index (κ2) is 8.89. The Hall–Kier alpha value is -5.02. The Balaban J connectivity index is 1.40. The van der Waals surface area contributed by atoms with E-state index in [-0.39, 0.29) is 0 Å². The highest BCUT2D eigenvalue weighted by Crippen LogP contribution is 2.36. The van der Waals surface area contributed by atoms with Crippen LogP contribution in [0.3, 0.4) is 0 Å². The number of furan rings is 1. The average Bonchev–Trinajstić information content (AvgIpc) is 3.37.